The molecule has 120 valence electrons. The van der Waals surface area contributed by atoms with Crippen LogP contribution in [-0.2, 0) is 24.2 Å². The second kappa shape index (κ2) is 5.92. The van der Waals surface area contributed by atoms with Crippen molar-refractivity contribution in [3.05, 3.63) is 0 Å². The Labute approximate surface area is 124 Å². The number of rotatable bonds is 6. The van der Waals surface area contributed by atoms with Crippen LogP contribution in [0.25, 0.3) is 0 Å². The van der Waals surface area contributed by atoms with Gasteiger partial charge in [-0.15, -0.1) is 0 Å². The number of aliphatic carboxylic acids is 1. The lowest BCUT2D eigenvalue weighted by Crippen LogP contribution is -2.39. The zero-order chi connectivity index (χ0) is 15.7. The number of nitrogens with zero attached hydrogens (tertiary/aromatic N) is 1. The molecule has 2 aliphatic rings. The molecule has 0 aromatic rings. The molecule has 0 aromatic heterocycles. The zero-order valence-electron chi connectivity index (χ0n) is 12.1. The Morgan fingerprint density at radius 2 is 2.14 bits per heavy atom. The molecule has 8 heteroatoms. The van der Waals surface area contributed by atoms with E-state index < -0.39 is 32.9 Å². The van der Waals surface area contributed by atoms with Crippen molar-refractivity contribution in [3.63, 3.8) is 0 Å². The minimum Gasteiger partial charge on any atom is -0.481 e. The maximum Gasteiger partial charge on any atom is 0.311 e. The summed E-state index contributed by atoms with van der Waals surface area (Å²) in [4.78, 5) is 25.1. The van der Waals surface area contributed by atoms with E-state index in [0.717, 1.165) is 12.8 Å². The van der Waals surface area contributed by atoms with E-state index >= 15 is 0 Å². The summed E-state index contributed by atoms with van der Waals surface area (Å²) in [5, 5.41) is 9.45. The predicted molar refractivity (Wildman–Crippen MR) is 74.5 cm³/mol. The number of carbonyl (C=O) groups is 2. The van der Waals surface area contributed by atoms with Gasteiger partial charge >= 0.3 is 5.97 Å². The molecule has 7 nitrogen and oxygen atoms in total. The minimum atomic E-state index is -3.51. The van der Waals surface area contributed by atoms with Gasteiger partial charge in [0, 0.05) is 20.2 Å². The Morgan fingerprint density at radius 1 is 1.43 bits per heavy atom. The Balaban J connectivity index is 2.01. The van der Waals surface area contributed by atoms with Gasteiger partial charge in [0.15, 0.2) is 9.84 Å². The molecule has 2 atom stereocenters. The smallest absolute Gasteiger partial charge is 0.311 e. The number of carboxylic acids is 1. The third-order valence-electron chi connectivity index (χ3n) is 4.59. The van der Waals surface area contributed by atoms with E-state index in [-0.39, 0.29) is 24.8 Å². The summed E-state index contributed by atoms with van der Waals surface area (Å²) in [5.41, 5.74) is -0.869. The molecular formula is C13H21NO6S. The van der Waals surface area contributed by atoms with Gasteiger partial charge < -0.3 is 14.7 Å². The van der Waals surface area contributed by atoms with Gasteiger partial charge in [-0.05, 0) is 18.8 Å². The Morgan fingerprint density at radius 3 is 2.71 bits per heavy atom. The molecule has 21 heavy (non-hydrogen) atoms. The first-order valence-electron chi connectivity index (χ1n) is 7.01. The van der Waals surface area contributed by atoms with Crippen molar-refractivity contribution >= 4 is 21.7 Å². The van der Waals surface area contributed by atoms with E-state index in [1.807, 2.05) is 0 Å². The van der Waals surface area contributed by atoms with Crippen LogP contribution in [0, 0.1) is 11.3 Å². The molecule has 0 unspecified atom stereocenters. The van der Waals surface area contributed by atoms with E-state index in [0.29, 0.717) is 13.0 Å². The average molecular weight is 319 g/mol. The Hall–Kier alpha value is -1.15. The summed E-state index contributed by atoms with van der Waals surface area (Å²) in [6, 6.07) is 0. The summed E-state index contributed by atoms with van der Waals surface area (Å²) in [6.45, 7) is 0.536. The van der Waals surface area contributed by atoms with Gasteiger partial charge in [-0.3, -0.25) is 9.59 Å². The third-order valence-corrected chi connectivity index (χ3v) is 6.07. The topological polar surface area (TPSA) is 101 Å². The molecule has 2 fully saturated rings. The van der Waals surface area contributed by atoms with Gasteiger partial charge in [-0.1, -0.05) is 6.42 Å². The summed E-state index contributed by atoms with van der Waals surface area (Å²) < 4.78 is 28.3. The molecule has 1 N–H and O–H groups in total. The summed E-state index contributed by atoms with van der Waals surface area (Å²) in [6.07, 6.45) is 2.20. The standard InChI is InChI=1S/C13H21NO6S/c1-20-5-6-21(18,19)8-11(15)14-7-10-3-2-4-13(10,9-14)12(16)17/h10H,2-9H2,1H3,(H,16,17)/t10-,13+/m0/s1. The van der Waals surface area contributed by atoms with E-state index in [4.69, 9.17) is 4.74 Å². The van der Waals surface area contributed by atoms with E-state index in [1.165, 1.54) is 12.0 Å². The highest BCUT2D eigenvalue weighted by molar-refractivity contribution is 7.92. The molecule has 0 aromatic carbocycles. The average Bonchev–Trinajstić information content (AvgIpc) is 2.93. The van der Waals surface area contributed by atoms with Crippen LogP contribution in [0.2, 0.25) is 0 Å². The monoisotopic (exact) mass is 319 g/mol. The highest BCUT2D eigenvalue weighted by Crippen LogP contribution is 2.48. The van der Waals surface area contributed by atoms with Gasteiger partial charge in [0.1, 0.15) is 5.75 Å². The Bertz CT molecular complexity index is 531. The lowest BCUT2D eigenvalue weighted by atomic mass is 9.81. The molecule has 0 bridgehead atoms. The third kappa shape index (κ3) is 3.21. The molecule has 1 saturated carbocycles. The molecule has 1 aliphatic carbocycles. The van der Waals surface area contributed by atoms with Crippen LogP contribution in [0.4, 0.5) is 0 Å². The van der Waals surface area contributed by atoms with Crippen LogP contribution in [0.3, 0.4) is 0 Å². The molecule has 2 rings (SSSR count). The number of hydrogen-bond donors (Lipinski definition) is 1. The number of fused-ring (bicyclic) bond motifs is 1. The number of likely N-dealkylation sites (tertiary alicyclic amines) is 1. The normalized spacial score (nSPS) is 28.6. The van der Waals surface area contributed by atoms with Crippen molar-refractivity contribution in [1.29, 1.82) is 0 Å². The lowest BCUT2D eigenvalue weighted by Gasteiger charge is -2.23. The van der Waals surface area contributed by atoms with Gasteiger partial charge in [0.25, 0.3) is 0 Å². The number of hydrogen-bond acceptors (Lipinski definition) is 5. The quantitative estimate of drug-likeness (QED) is 0.725. The number of ether oxygens (including phenoxy) is 1. The van der Waals surface area contributed by atoms with Crippen molar-refractivity contribution in [3.8, 4) is 0 Å². The number of sulfone groups is 1. The minimum absolute atomic E-state index is 0.0529. The molecule has 1 aliphatic heterocycles. The van der Waals surface area contributed by atoms with E-state index in [9.17, 15) is 23.1 Å². The van der Waals surface area contributed by atoms with Crippen LogP contribution < -0.4 is 0 Å². The van der Waals surface area contributed by atoms with Crippen molar-refractivity contribution in [2.45, 2.75) is 19.3 Å². The first kappa shape index (κ1) is 16.2. The number of carbonyl (C=O) groups excluding carboxylic acids is 1. The number of methoxy groups -OCH3 is 1. The zero-order valence-corrected chi connectivity index (χ0v) is 12.9. The molecule has 0 spiro atoms. The first-order chi connectivity index (χ1) is 9.81. The SMILES string of the molecule is COCCS(=O)(=O)CC(=O)N1C[C@@H]2CCC[C@@]2(C(=O)O)C1. The largest absolute Gasteiger partial charge is 0.481 e. The molecule has 0 radical (unpaired) electrons. The maximum absolute atomic E-state index is 12.1. The van der Waals surface area contributed by atoms with Gasteiger partial charge in [0.05, 0.1) is 17.8 Å². The van der Waals surface area contributed by atoms with Gasteiger partial charge in [0.2, 0.25) is 5.91 Å². The summed E-state index contributed by atoms with van der Waals surface area (Å²) in [5.74, 6) is -2.20. The highest BCUT2D eigenvalue weighted by atomic mass is 32.2. The van der Waals surface area contributed by atoms with Crippen LogP contribution in [0.1, 0.15) is 19.3 Å². The number of amides is 1. The lowest BCUT2D eigenvalue weighted by molar-refractivity contribution is -0.149. The fourth-order valence-corrected chi connectivity index (χ4v) is 4.51. The second-order valence-electron chi connectivity index (χ2n) is 5.91. The predicted octanol–water partition coefficient (Wildman–Crippen LogP) is -0.239. The van der Waals surface area contributed by atoms with E-state index in [1.54, 1.807) is 0 Å². The van der Waals surface area contributed by atoms with E-state index in [2.05, 4.69) is 0 Å². The van der Waals surface area contributed by atoms with Crippen molar-refractivity contribution < 1.29 is 27.9 Å². The fourth-order valence-electron chi connectivity index (χ4n) is 3.39. The summed E-state index contributed by atoms with van der Waals surface area (Å²) in [7, 11) is -2.11. The summed E-state index contributed by atoms with van der Waals surface area (Å²) >= 11 is 0. The first-order valence-corrected chi connectivity index (χ1v) is 8.83. The second-order valence-corrected chi connectivity index (χ2v) is 8.09. The van der Waals surface area contributed by atoms with Crippen molar-refractivity contribution in [2.75, 3.05) is 38.3 Å². The van der Waals surface area contributed by atoms with Crippen LogP contribution in [0.15, 0.2) is 0 Å². The molecule has 1 amide bonds. The van der Waals surface area contributed by atoms with Gasteiger partial charge in [-0.2, -0.15) is 0 Å². The Kier molecular flexibility index (Phi) is 4.57. The molecular weight excluding hydrogens is 298 g/mol. The van der Waals surface area contributed by atoms with Crippen LogP contribution >= 0.6 is 0 Å². The molecule has 1 saturated heterocycles. The maximum atomic E-state index is 12.1. The van der Waals surface area contributed by atoms with Crippen molar-refractivity contribution in [1.82, 2.24) is 4.90 Å². The fraction of sp³-hybridized carbons (Fsp3) is 0.846. The van der Waals surface area contributed by atoms with Gasteiger partial charge in [-0.25, -0.2) is 8.42 Å². The number of carboxylic acid groups (broad SMARTS) is 1. The van der Waals surface area contributed by atoms with Crippen LogP contribution in [-0.4, -0.2) is 68.6 Å². The van der Waals surface area contributed by atoms with Crippen LogP contribution in [0.5, 0.6) is 0 Å². The van der Waals surface area contributed by atoms with Crippen molar-refractivity contribution in [2.24, 2.45) is 11.3 Å². The highest BCUT2D eigenvalue weighted by Gasteiger charge is 2.55. The molecule has 1 heterocycles.